The van der Waals surface area contributed by atoms with Crippen LogP contribution in [0.25, 0.3) is 0 Å². The first-order valence-electron chi connectivity index (χ1n) is 5.23. The van der Waals surface area contributed by atoms with Crippen LogP contribution >= 0.6 is 0 Å². The van der Waals surface area contributed by atoms with E-state index in [-0.39, 0.29) is 0 Å². The molecule has 0 aromatic carbocycles. The number of rotatable bonds is 4. The second-order valence-electron chi connectivity index (χ2n) is 4.14. The van der Waals surface area contributed by atoms with Gasteiger partial charge in [0.25, 0.3) is 0 Å². The lowest BCUT2D eigenvalue weighted by molar-refractivity contribution is 0.439. The fraction of sp³-hybridized carbons (Fsp3) is 0.500. The van der Waals surface area contributed by atoms with Crippen molar-refractivity contribution in [3.63, 3.8) is 0 Å². The Hall–Kier alpha value is -1.56. The van der Waals surface area contributed by atoms with Gasteiger partial charge in [-0.15, -0.1) is 0 Å². The topological polar surface area (TPSA) is 48.7 Å². The van der Waals surface area contributed by atoms with Crippen molar-refractivity contribution in [1.29, 1.82) is 5.26 Å². The van der Waals surface area contributed by atoms with Gasteiger partial charge in [-0.05, 0) is 17.9 Å². The Balaban J connectivity index is 2.62. The summed E-state index contributed by atoms with van der Waals surface area (Å²) in [5, 5.41) is 12.1. The van der Waals surface area contributed by atoms with Crippen LogP contribution in [0.5, 0.6) is 0 Å². The van der Waals surface area contributed by atoms with Crippen molar-refractivity contribution in [2.75, 3.05) is 11.9 Å². The van der Waals surface area contributed by atoms with Crippen molar-refractivity contribution in [3.8, 4) is 6.07 Å². The second-order valence-corrected chi connectivity index (χ2v) is 4.14. The molecule has 1 rings (SSSR count). The molecule has 1 atom stereocenters. The predicted molar refractivity (Wildman–Crippen MR) is 61.4 cm³/mol. The molecule has 1 unspecified atom stereocenters. The van der Waals surface area contributed by atoms with Crippen molar-refractivity contribution >= 4 is 5.69 Å². The van der Waals surface area contributed by atoms with Crippen LogP contribution in [0.3, 0.4) is 0 Å². The molecule has 80 valence electrons. The quantitative estimate of drug-likeness (QED) is 0.818. The molecule has 0 aliphatic carbocycles. The Kier molecular flexibility index (Phi) is 4.11. The maximum atomic E-state index is 8.88. The summed E-state index contributed by atoms with van der Waals surface area (Å²) in [7, 11) is 0. The van der Waals surface area contributed by atoms with Crippen LogP contribution in [0.1, 0.15) is 26.3 Å². The van der Waals surface area contributed by atoms with Crippen molar-refractivity contribution in [2.45, 2.75) is 20.8 Å². The lowest BCUT2D eigenvalue weighted by Crippen LogP contribution is -2.16. The van der Waals surface area contributed by atoms with Crippen LogP contribution in [0.15, 0.2) is 18.5 Å². The third-order valence-electron chi connectivity index (χ3n) is 2.69. The Labute approximate surface area is 91.1 Å². The summed E-state index contributed by atoms with van der Waals surface area (Å²) < 4.78 is 0. The normalized spacial score (nSPS) is 12.2. The predicted octanol–water partition coefficient (Wildman–Crippen LogP) is 2.66. The van der Waals surface area contributed by atoms with E-state index in [1.165, 1.54) is 0 Å². The van der Waals surface area contributed by atoms with Gasteiger partial charge in [-0.2, -0.15) is 5.26 Å². The van der Waals surface area contributed by atoms with Gasteiger partial charge in [0.2, 0.25) is 0 Å². The first-order valence-corrected chi connectivity index (χ1v) is 5.23. The van der Waals surface area contributed by atoms with Crippen molar-refractivity contribution < 1.29 is 0 Å². The zero-order valence-electron chi connectivity index (χ0n) is 9.49. The van der Waals surface area contributed by atoms with E-state index in [4.69, 9.17) is 5.26 Å². The molecule has 0 aliphatic rings. The lowest BCUT2D eigenvalue weighted by atomic mass is 9.98. The molecular formula is C12H17N3. The zero-order chi connectivity index (χ0) is 11.3. The molecule has 1 heterocycles. The second kappa shape index (κ2) is 5.35. The van der Waals surface area contributed by atoms with Crippen molar-refractivity contribution in [2.24, 2.45) is 11.8 Å². The summed E-state index contributed by atoms with van der Waals surface area (Å²) in [6, 6.07) is 3.87. The Morgan fingerprint density at radius 3 is 2.80 bits per heavy atom. The highest BCUT2D eigenvalue weighted by Crippen LogP contribution is 2.15. The fourth-order valence-electron chi connectivity index (χ4n) is 1.14. The molecule has 1 aromatic rings. The largest absolute Gasteiger partial charge is 0.382 e. The van der Waals surface area contributed by atoms with Crippen LogP contribution in [-0.4, -0.2) is 11.5 Å². The number of nitrogens with one attached hydrogen (secondary N) is 1. The van der Waals surface area contributed by atoms with Gasteiger partial charge in [-0.1, -0.05) is 20.8 Å². The molecule has 0 aliphatic heterocycles. The average molecular weight is 203 g/mol. The maximum absolute atomic E-state index is 8.88. The molecule has 1 aromatic heterocycles. The van der Waals surface area contributed by atoms with E-state index < -0.39 is 0 Å². The molecule has 0 saturated heterocycles. The number of hydrogen-bond donors (Lipinski definition) is 1. The average Bonchev–Trinajstić information content (AvgIpc) is 2.26. The molecule has 0 amide bonds. The van der Waals surface area contributed by atoms with E-state index in [0.29, 0.717) is 17.4 Å². The molecule has 1 N–H and O–H groups in total. The van der Waals surface area contributed by atoms with Crippen LogP contribution in [0, 0.1) is 23.2 Å². The van der Waals surface area contributed by atoms with E-state index in [9.17, 15) is 0 Å². The molecule has 3 nitrogen and oxygen atoms in total. The minimum atomic E-state index is 0.580. The van der Waals surface area contributed by atoms with Crippen LogP contribution in [0.4, 0.5) is 5.69 Å². The lowest BCUT2D eigenvalue weighted by Gasteiger charge is -2.17. The van der Waals surface area contributed by atoms with E-state index >= 15 is 0 Å². The maximum Gasteiger partial charge on any atom is 0.101 e. The molecule has 0 radical (unpaired) electrons. The van der Waals surface area contributed by atoms with Crippen LogP contribution < -0.4 is 5.32 Å². The smallest absolute Gasteiger partial charge is 0.101 e. The molecule has 15 heavy (non-hydrogen) atoms. The van der Waals surface area contributed by atoms with Crippen LogP contribution in [-0.2, 0) is 0 Å². The van der Waals surface area contributed by atoms with Gasteiger partial charge in [0.1, 0.15) is 6.07 Å². The van der Waals surface area contributed by atoms with Gasteiger partial charge < -0.3 is 5.32 Å². The Morgan fingerprint density at radius 2 is 2.20 bits per heavy atom. The van der Waals surface area contributed by atoms with Gasteiger partial charge in [-0.25, -0.2) is 0 Å². The summed E-state index contributed by atoms with van der Waals surface area (Å²) in [4.78, 5) is 4.00. The van der Waals surface area contributed by atoms with Crippen molar-refractivity contribution in [1.82, 2.24) is 4.98 Å². The Bertz CT molecular complexity index is 352. The fourth-order valence-corrected chi connectivity index (χ4v) is 1.14. The van der Waals surface area contributed by atoms with E-state index in [2.05, 4.69) is 37.1 Å². The number of nitriles is 1. The van der Waals surface area contributed by atoms with E-state index in [1.54, 1.807) is 18.5 Å². The first-order chi connectivity index (χ1) is 7.15. The minimum absolute atomic E-state index is 0.580. The van der Waals surface area contributed by atoms with E-state index in [0.717, 1.165) is 12.2 Å². The van der Waals surface area contributed by atoms with Gasteiger partial charge >= 0.3 is 0 Å². The van der Waals surface area contributed by atoms with Gasteiger partial charge in [0.05, 0.1) is 17.4 Å². The molecule has 0 bridgehead atoms. The summed E-state index contributed by atoms with van der Waals surface area (Å²) >= 11 is 0. The SMILES string of the molecule is CC(C)C(C)CNc1cnccc1C#N. The third kappa shape index (κ3) is 3.25. The summed E-state index contributed by atoms with van der Waals surface area (Å²) in [5.74, 6) is 1.22. The number of nitrogens with zero attached hydrogens (tertiary/aromatic N) is 2. The third-order valence-corrected chi connectivity index (χ3v) is 2.69. The molecule has 0 fully saturated rings. The number of anilines is 1. The first kappa shape index (κ1) is 11.5. The number of aromatic nitrogens is 1. The standard InChI is InChI=1S/C12H17N3/c1-9(2)10(3)7-15-12-8-14-5-4-11(12)6-13/h4-5,8-10,15H,7H2,1-3H3. The van der Waals surface area contributed by atoms with Crippen LogP contribution in [0.2, 0.25) is 0 Å². The molecule has 0 spiro atoms. The monoisotopic (exact) mass is 203 g/mol. The zero-order valence-corrected chi connectivity index (χ0v) is 9.49. The Morgan fingerprint density at radius 1 is 1.47 bits per heavy atom. The number of hydrogen-bond acceptors (Lipinski definition) is 3. The number of pyridine rings is 1. The highest BCUT2D eigenvalue weighted by molar-refractivity contribution is 5.55. The van der Waals surface area contributed by atoms with Gasteiger partial charge in [-0.3, -0.25) is 4.98 Å². The summed E-state index contributed by atoms with van der Waals surface area (Å²) in [6.07, 6.45) is 3.33. The van der Waals surface area contributed by atoms with Gasteiger partial charge in [0.15, 0.2) is 0 Å². The molecule has 3 heteroatoms. The molecule has 0 saturated carbocycles. The summed E-state index contributed by atoms with van der Waals surface area (Å²) in [5.41, 5.74) is 1.48. The minimum Gasteiger partial charge on any atom is -0.382 e. The summed E-state index contributed by atoms with van der Waals surface area (Å²) in [6.45, 7) is 7.46. The highest BCUT2D eigenvalue weighted by atomic mass is 14.9. The molecular weight excluding hydrogens is 186 g/mol. The van der Waals surface area contributed by atoms with Crippen molar-refractivity contribution in [3.05, 3.63) is 24.0 Å². The van der Waals surface area contributed by atoms with E-state index in [1.807, 2.05) is 0 Å². The van der Waals surface area contributed by atoms with Gasteiger partial charge in [0, 0.05) is 12.7 Å². The highest BCUT2D eigenvalue weighted by Gasteiger charge is 2.07.